The summed E-state index contributed by atoms with van der Waals surface area (Å²) in [5.74, 6) is -2.42. The Bertz CT molecular complexity index is 1210. The molecule has 29 heavy (non-hydrogen) atoms. The Labute approximate surface area is 161 Å². The van der Waals surface area contributed by atoms with Gasteiger partial charge < -0.3 is 10.3 Å². The fourth-order valence-electron chi connectivity index (χ4n) is 3.58. The summed E-state index contributed by atoms with van der Waals surface area (Å²) in [4.78, 5) is 28.4. The van der Waals surface area contributed by atoms with E-state index in [0.717, 1.165) is 12.1 Å². The van der Waals surface area contributed by atoms with Crippen LogP contribution in [0.4, 0.5) is 17.6 Å². The molecular formula is C20H13F4N3O2. The number of hydrogen-bond donors (Lipinski definition) is 1. The smallest absolute Gasteiger partial charge is 0.366 e. The van der Waals surface area contributed by atoms with Gasteiger partial charge in [0.15, 0.2) is 5.78 Å². The average molecular weight is 403 g/mol. The van der Waals surface area contributed by atoms with E-state index in [1.165, 1.54) is 18.3 Å². The molecule has 2 N–H and O–H groups in total. The van der Waals surface area contributed by atoms with E-state index in [4.69, 9.17) is 5.73 Å². The minimum absolute atomic E-state index is 0.0866. The van der Waals surface area contributed by atoms with Gasteiger partial charge in [-0.2, -0.15) is 13.2 Å². The minimum Gasteiger partial charge on any atom is -0.366 e. The maximum Gasteiger partial charge on any atom is 0.419 e. The van der Waals surface area contributed by atoms with Gasteiger partial charge in [-0.15, -0.1) is 0 Å². The fourth-order valence-corrected chi connectivity index (χ4v) is 3.58. The SMILES string of the molecule is NC(=O)c1cccc2c1c1c(n2Cc2ccc(F)c(C(F)(F)F)c2)C=NCC1=O. The number of carbonyl (C=O) groups excluding carboxylic acids is 2. The van der Waals surface area contributed by atoms with Gasteiger partial charge in [-0.3, -0.25) is 14.6 Å². The van der Waals surface area contributed by atoms with Crippen LogP contribution in [0.5, 0.6) is 0 Å². The van der Waals surface area contributed by atoms with Crippen LogP contribution >= 0.6 is 0 Å². The third-order valence-electron chi connectivity index (χ3n) is 4.80. The molecule has 2 heterocycles. The van der Waals surface area contributed by atoms with E-state index in [9.17, 15) is 27.2 Å². The number of halogens is 4. The summed E-state index contributed by atoms with van der Waals surface area (Å²) in [6.45, 7) is -0.190. The van der Waals surface area contributed by atoms with Crippen LogP contribution in [0.15, 0.2) is 41.4 Å². The summed E-state index contributed by atoms with van der Waals surface area (Å²) in [7, 11) is 0. The summed E-state index contributed by atoms with van der Waals surface area (Å²) >= 11 is 0. The van der Waals surface area contributed by atoms with Gasteiger partial charge in [-0.1, -0.05) is 12.1 Å². The highest BCUT2D eigenvalue weighted by Crippen LogP contribution is 2.34. The third-order valence-corrected chi connectivity index (χ3v) is 4.80. The molecule has 0 saturated heterocycles. The summed E-state index contributed by atoms with van der Waals surface area (Å²) in [5, 5.41) is 0.337. The Kier molecular flexibility index (Phi) is 4.25. The molecule has 0 atom stereocenters. The van der Waals surface area contributed by atoms with E-state index in [0.29, 0.717) is 16.6 Å². The van der Waals surface area contributed by atoms with Crippen molar-refractivity contribution in [3.05, 3.63) is 70.2 Å². The molecular weight excluding hydrogens is 390 g/mol. The van der Waals surface area contributed by atoms with Crippen molar-refractivity contribution in [1.29, 1.82) is 0 Å². The van der Waals surface area contributed by atoms with Crippen molar-refractivity contribution in [2.45, 2.75) is 12.7 Å². The molecule has 148 valence electrons. The zero-order valence-corrected chi connectivity index (χ0v) is 14.8. The maximum absolute atomic E-state index is 13.6. The van der Waals surface area contributed by atoms with E-state index < -0.39 is 23.5 Å². The first kappa shape index (κ1) is 18.9. The van der Waals surface area contributed by atoms with Crippen molar-refractivity contribution in [3.63, 3.8) is 0 Å². The maximum atomic E-state index is 13.6. The van der Waals surface area contributed by atoms with Crippen molar-refractivity contribution in [1.82, 2.24) is 4.57 Å². The van der Waals surface area contributed by atoms with E-state index in [2.05, 4.69) is 4.99 Å². The zero-order chi connectivity index (χ0) is 20.9. The number of nitrogens with zero attached hydrogens (tertiary/aromatic N) is 2. The number of rotatable bonds is 3. The Morgan fingerprint density at radius 2 is 1.97 bits per heavy atom. The van der Waals surface area contributed by atoms with Crippen molar-refractivity contribution >= 4 is 28.8 Å². The number of carbonyl (C=O) groups is 2. The molecule has 5 nitrogen and oxygen atoms in total. The molecule has 3 aromatic rings. The lowest BCUT2D eigenvalue weighted by Gasteiger charge is -2.13. The van der Waals surface area contributed by atoms with E-state index in [1.807, 2.05) is 0 Å². The Morgan fingerprint density at radius 3 is 2.66 bits per heavy atom. The van der Waals surface area contributed by atoms with Crippen LogP contribution in [-0.4, -0.2) is 29.0 Å². The number of ketones is 1. The highest BCUT2D eigenvalue weighted by atomic mass is 19.4. The summed E-state index contributed by atoms with van der Waals surface area (Å²) in [5.41, 5.74) is 5.45. The van der Waals surface area contributed by atoms with Gasteiger partial charge in [0.25, 0.3) is 0 Å². The molecule has 0 aliphatic carbocycles. The number of Topliss-reactive ketones (excluding diaryl/α,β-unsaturated/α-hetero) is 1. The topological polar surface area (TPSA) is 77.5 Å². The molecule has 9 heteroatoms. The molecule has 0 saturated carbocycles. The second kappa shape index (κ2) is 6.54. The highest BCUT2D eigenvalue weighted by molar-refractivity contribution is 6.21. The van der Waals surface area contributed by atoms with Gasteiger partial charge in [0, 0.05) is 23.7 Å². The zero-order valence-electron chi connectivity index (χ0n) is 14.8. The summed E-state index contributed by atoms with van der Waals surface area (Å²) < 4.78 is 54.4. The predicted molar refractivity (Wildman–Crippen MR) is 97.8 cm³/mol. The lowest BCUT2D eigenvalue weighted by atomic mass is 10.0. The predicted octanol–water partition coefficient (Wildman–Crippen LogP) is 3.56. The van der Waals surface area contributed by atoms with E-state index >= 15 is 0 Å². The number of primary amides is 1. The summed E-state index contributed by atoms with van der Waals surface area (Å²) in [6.07, 6.45) is -3.40. The molecule has 0 spiro atoms. The van der Waals surface area contributed by atoms with Crippen LogP contribution in [0.2, 0.25) is 0 Å². The second-order valence-corrected chi connectivity index (χ2v) is 6.62. The molecule has 1 aliphatic rings. The van der Waals surface area contributed by atoms with Crippen LogP contribution in [0.3, 0.4) is 0 Å². The van der Waals surface area contributed by atoms with Gasteiger partial charge in [0.1, 0.15) is 12.4 Å². The first-order valence-corrected chi connectivity index (χ1v) is 8.52. The minimum atomic E-state index is -4.84. The normalized spacial score (nSPS) is 13.7. The first-order chi connectivity index (χ1) is 13.7. The van der Waals surface area contributed by atoms with Gasteiger partial charge in [0.05, 0.1) is 22.3 Å². The average Bonchev–Trinajstić information content (AvgIpc) is 2.97. The van der Waals surface area contributed by atoms with Crippen LogP contribution in [0, 0.1) is 5.82 Å². The van der Waals surface area contributed by atoms with E-state index in [-0.39, 0.29) is 35.6 Å². The number of alkyl halides is 3. The number of amides is 1. The van der Waals surface area contributed by atoms with Crippen molar-refractivity contribution in [2.75, 3.05) is 6.54 Å². The van der Waals surface area contributed by atoms with E-state index in [1.54, 1.807) is 16.7 Å². The van der Waals surface area contributed by atoms with Crippen LogP contribution in [-0.2, 0) is 12.7 Å². The molecule has 4 rings (SSSR count). The van der Waals surface area contributed by atoms with Crippen LogP contribution in [0.25, 0.3) is 10.9 Å². The molecule has 1 aromatic heterocycles. The largest absolute Gasteiger partial charge is 0.419 e. The lowest BCUT2D eigenvalue weighted by molar-refractivity contribution is -0.140. The Morgan fingerprint density at radius 1 is 1.21 bits per heavy atom. The molecule has 0 unspecified atom stereocenters. The standard InChI is InChI=1S/C20H13F4N3O2/c21-13-5-4-10(6-12(13)20(22,23)24)9-27-14-3-1-2-11(19(25)29)17(14)18-15(27)7-26-8-16(18)28/h1-7H,8-9H2,(H2,25,29). The Hall–Kier alpha value is -3.49. The van der Waals surface area contributed by atoms with Gasteiger partial charge in [0.2, 0.25) is 5.91 Å². The molecule has 0 bridgehead atoms. The van der Waals surface area contributed by atoms with Crippen LogP contribution < -0.4 is 5.73 Å². The van der Waals surface area contributed by atoms with Gasteiger partial charge in [-0.05, 0) is 29.8 Å². The van der Waals surface area contributed by atoms with Crippen molar-refractivity contribution in [2.24, 2.45) is 10.7 Å². The van der Waals surface area contributed by atoms with Crippen LogP contribution in [0.1, 0.15) is 37.5 Å². The molecule has 0 radical (unpaired) electrons. The van der Waals surface area contributed by atoms with Gasteiger partial charge in [-0.25, -0.2) is 4.39 Å². The quantitative estimate of drug-likeness (QED) is 0.679. The molecule has 1 aliphatic heterocycles. The third kappa shape index (κ3) is 3.08. The molecule has 0 fully saturated rings. The van der Waals surface area contributed by atoms with Crippen molar-refractivity contribution in [3.8, 4) is 0 Å². The van der Waals surface area contributed by atoms with Crippen molar-refractivity contribution < 1.29 is 27.2 Å². The summed E-state index contributed by atoms with van der Waals surface area (Å²) in [6, 6.07) is 7.40. The molecule has 2 aromatic carbocycles. The molecule has 1 amide bonds. The monoisotopic (exact) mass is 403 g/mol. The number of aliphatic imine (C=N–C) groups is 1. The van der Waals surface area contributed by atoms with Gasteiger partial charge >= 0.3 is 6.18 Å². The number of aromatic nitrogens is 1. The number of hydrogen-bond acceptors (Lipinski definition) is 3. The number of benzene rings is 2. The Balaban J connectivity index is 1.95. The fraction of sp³-hybridized carbons (Fsp3) is 0.150. The second-order valence-electron chi connectivity index (χ2n) is 6.62. The highest BCUT2D eigenvalue weighted by Gasteiger charge is 2.34. The first-order valence-electron chi connectivity index (χ1n) is 8.52. The number of nitrogens with two attached hydrogens (primary N) is 1. The number of fused-ring (bicyclic) bond motifs is 3. The lowest BCUT2D eigenvalue weighted by Crippen LogP contribution is -2.16.